The molecule has 34 heavy (non-hydrogen) atoms. The predicted molar refractivity (Wildman–Crippen MR) is 131 cm³/mol. The number of anilines is 1. The molecule has 2 aromatic rings. The van der Waals surface area contributed by atoms with E-state index in [1.165, 1.54) is 23.5 Å². The fourth-order valence-electron chi connectivity index (χ4n) is 4.75. The van der Waals surface area contributed by atoms with Crippen LogP contribution in [0.2, 0.25) is 5.02 Å². The summed E-state index contributed by atoms with van der Waals surface area (Å²) in [5.74, 6) is -0.425. The number of amides is 1. The average Bonchev–Trinajstić information content (AvgIpc) is 2.80. The molecule has 1 saturated heterocycles. The van der Waals surface area contributed by atoms with E-state index in [0.717, 1.165) is 34.2 Å². The number of hydrogen-bond acceptors (Lipinski definition) is 4. The van der Waals surface area contributed by atoms with E-state index in [2.05, 4.69) is 17.9 Å². The Hall–Kier alpha value is -2.20. The molecule has 0 aliphatic carbocycles. The zero-order valence-corrected chi connectivity index (χ0v) is 21.2. The highest BCUT2D eigenvalue weighted by Crippen LogP contribution is 2.29. The zero-order chi connectivity index (χ0) is 24.6. The highest BCUT2D eigenvalue weighted by Gasteiger charge is 2.32. The first-order valence-corrected chi connectivity index (χ1v) is 13.1. The molecule has 0 spiro atoms. The molecule has 0 aromatic heterocycles. The van der Waals surface area contributed by atoms with Crippen LogP contribution >= 0.6 is 11.6 Å². The second-order valence-electron chi connectivity index (χ2n) is 9.01. The Morgan fingerprint density at radius 3 is 2.62 bits per heavy atom. The van der Waals surface area contributed by atoms with Gasteiger partial charge in [-0.05, 0) is 48.7 Å². The van der Waals surface area contributed by atoms with Crippen molar-refractivity contribution in [1.29, 1.82) is 0 Å². The highest BCUT2D eigenvalue weighted by atomic mass is 35.5. The van der Waals surface area contributed by atoms with Gasteiger partial charge in [-0.2, -0.15) is 17.0 Å². The van der Waals surface area contributed by atoms with Crippen LogP contribution in [0.25, 0.3) is 0 Å². The van der Waals surface area contributed by atoms with E-state index in [-0.39, 0.29) is 35.6 Å². The second kappa shape index (κ2) is 9.81. The van der Waals surface area contributed by atoms with Crippen LogP contribution in [0.5, 0.6) is 0 Å². The average molecular weight is 509 g/mol. The van der Waals surface area contributed by atoms with Crippen LogP contribution in [0.4, 0.5) is 10.1 Å². The lowest BCUT2D eigenvalue weighted by molar-refractivity contribution is -0.131. The summed E-state index contributed by atoms with van der Waals surface area (Å²) in [4.78, 5) is 15.9. The summed E-state index contributed by atoms with van der Waals surface area (Å²) in [5, 5.41) is 0.206. The Bertz CT molecular complexity index is 1170. The smallest absolute Gasteiger partial charge is 0.282 e. The van der Waals surface area contributed by atoms with Gasteiger partial charge in [-0.15, -0.1) is 0 Å². The molecule has 0 radical (unpaired) electrons. The van der Waals surface area contributed by atoms with E-state index in [1.54, 1.807) is 13.0 Å². The van der Waals surface area contributed by atoms with Crippen LogP contribution in [0, 0.1) is 5.82 Å². The molecule has 1 fully saturated rings. The minimum absolute atomic E-state index is 0.0983. The summed E-state index contributed by atoms with van der Waals surface area (Å²) < 4.78 is 43.2. The monoisotopic (exact) mass is 508 g/mol. The molecule has 1 atom stereocenters. The third-order valence-corrected chi connectivity index (χ3v) is 8.96. The van der Waals surface area contributed by atoms with Crippen molar-refractivity contribution in [3.05, 3.63) is 63.9 Å². The molecular weight excluding hydrogens is 479 g/mol. The number of hydrogen-bond donors (Lipinski definition) is 0. The van der Waals surface area contributed by atoms with Crippen molar-refractivity contribution in [3.8, 4) is 0 Å². The molecule has 0 unspecified atom stereocenters. The van der Waals surface area contributed by atoms with Crippen LogP contribution in [-0.2, 0) is 34.5 Å². The lowest BCUT2D eigenvalue weighted by Gasteiger charge is -2.41. The van der Waals surface area contributed by atoms with E-state index in [9.17, 15) is 17.6 Å². The molecule has 184 valence electrons. The lowest BCUT2D eigenvalue weighted by Crippen LogP contribution is -2.53. The van der Waals surface area contributed by atoms with Crippen molar-refractivity contribution in [1.82, 2.24) is 13.5 Å². The molecule has 2 aromatic carbocycles. The minimum atomic E-state index is -3.80. The van der Waals surface area contributed by atoms with Crippen molar-refractivity contribution in [3.63, 3.8) is 0 Å². The number of carbonyl (C=O) groups excluding carboxylic acids is 1. The maximum Gasteiger partial charge on any atom is 0.282 e. The van der Waals surface area contributed by atoms with Crippen LogP contribution < -0.4 is 4.90 Å². The van der Waals surface area contributed by atoms with E-state index in [4.69, 9.17) is 11.6 Å². The Morgan fingerprint density at radius 2 is 1.94 bits per heavy atom. The van der Waals surface area contributed by atoms with Gasteiger partial charge in [0.25, 0.3) is 10.2 Å². The van der Waals surface area contributed by atoms with E-state index >= 15 is 0 Å². The van der Waals surface area contributed by atoms with Crippen LogP contribution in [0.1, 0.15) is 30.5 Å². The van der Waals surface area contributed by atoms with E-state index < -0.39 is 16.0 Å². The van der Waals surface area contributed by atoms with Gasteiger partial charge in [-0.1, -0.05) is 23.7 Å². The fraction of sp³-hybridized carbons (Fsp3) is 0.458. The maximum absolute atomic E-state index is 14.2. The molecule has 2 heterocycles. The van der Waals surface area contributed by atoms with Gasteiger partial charge in [0.1, 0.15) is 5.82 Å². The van der Waals surface area contributed by atoms with Gasteiger partial charge in [-0.3, -0.25) is 4.79 Å². The van der Waals surface area contributed by atoms with Crippen molar-refractivity contribution in [2.24, 2.45) is 0 Å². The third kappa shape index (κ3) is 4.93. The summed E-state index contributed by atoms with van der Waals surface area (Å²) in [6.45, 7) is 6.37. The van der Waals surface area contributed by atoms with Crippen molar-refractivity contribution >= 4 is 33.4 Å². The number of nitrogens with zero attached hydrogens (tertiary/aromatic N) is 4. The first kappa shape index (κ1) is 24.9. The van der Waals surface area contributed by atoms with Gasteiger partial charge < -0.3 is 9.80 Å². The Kier molecular flexibility index (Phi) is 7.19. The van der Waals surface area contributed by atoms with Gasteiger partial charge >= 0.3 is 0 Å². The quantitative estimate of drug-likeness (QED) is 0.622. The number of benzene rings is 2. The number of halogens is 2. The Labute approximate surface area is 205 Å². The van der Waals surface area contributed by atoms with Gasteiger partial charge in [0, 0.05) is 75.6 Å². The molecule has 0 saturated carbocycles. The largest absolute Gasteiger partial charge is 0.368 e. The van der Waals surface area contributed by atoms with Crippen molar-refractivity contribution < 1.29 is 17.6 Å². The summed E-state index contributed by atoms with van der Waals surface area (Å²) in [7, 11) is -2.35. The summed E-state index contributed by atoms with van der Waals surface area (Å²) >= 11 is 6.09. The van der Waals surface area contributed by atoms with Crippen molar-refractivity contribution in [2.45, 2.75) is 39.4 Å². The normalized spacial score (nSPS) is 19.4. The number of fused-ring (bicyclic) bond motifs is 1. The Balaban J connectivity index is 1.46. The SMILES string of the molecule is CC(=O)N1CCN(c2ccc3c(c2)CCN(S(=O)(=O)N(C)Cc2c(F)cccc2Cl)C3)C[C@@H]1C. The Morgan fingerprint density at radius 1 is 1.18 bits per heavy atom. The summed E-state index contributed by atoms with van der Waals surface area (Å²) in [5.41, 5.74) is 3.35. The molecule has 2 aliphatic heterocycles. The molecule has 1 amide bonds. The van der Waals surface area contributed by atoms with Gasteiger partial charge in [0.15, 0.2) is 0 Å². The van der Waals surface area contributed by atoms with E-state index in [0.29, 0.717) is 19.5 Å². The number of piperazine rings is 1. The van der Waals surface area contributed by atoms with Crippen LogP contribution in [0.15, 0.2) is 36.4 Å². The molecule has 0 bridgehead atoms. The third-order valence-electron chi connectivity index (χ3n) is 6.73. The fourth-order valence-corrected chi connectivity index (χ4v) is 6.29. The minimum Gasteiger partial charge on any atom is -0.368 e. The number of carbonyl (C=O) groups is 1. The zero-order valence-electron chi connectivity index (χ0n) is 19.7. The van der Waals surface area contributed by atoms with Crippen LogP contribution in [0.3, 0.4) is 0 Å². The molecule has 10 heteroatoms. The molecule has 2 aliphatic rings. The molecular formula is C24H30ClFN4O3S. The number of rotatable bonds is 5. The van der Waals surface area contributed by atoms with E-state index in [1.807, 2.05) is 17.0 Å². The summed E-state index contributed by atoms with van der Waals surface area (Å²) in [6, 6.07) is 10.6. The second-order valence-corrected chi connectivity index (χ2v) is 11.5. The maximum atomic E-state index is 14.2. The summed E-state index contributed by atoms with van der Waals surface area (Å²) in [6.07, 6.45) is 0.597. The highest BCUT2D eigenvalue weighted by molar-refractivity contribution is 7.86. The predicted octanol–water partition coefficient (Wildman–Crippen LogP) is 3.27. The first-order chi connectivity index (χ1) is 16.1. The molecule has 0 N–H and O–H groups in total. The molecule has 4 rings (SSSR count). The lowest BCUT2D eigenvalue weighted by atomic mass is 9.99. The topological polar surface area (TPSA) is 64.2 Å². The standard InChI is InChI=1S/C24H30ClFN4O3S/c1-17-14-28(11-12-30(17)18(2)31)21-8-7-20-15-29(10-9-19(20)13-21)34(32,33)27(3)16-22-23(25)5-4-6-24(22)26/h4-8,13,17H,9-12,14-16H2,1-3H3/t17-/m0/s1. The van der Waals surface area contributed by atoms with Gasteiger partial charge in [0.2, 0.25) is 5.91 Å². The van der Waals surface area contributed by atoms with Crippen molar-refractivity contribution in [2.75, 3.05) is 38.1 Å². The van der Waals surface area contributed by atoms with Crippen LogP contribution in [-0.4, -0.2) is 67.1 Å². The van der Waals surface area contributed by atoms with Gasteiger partial charge in [0.05, 0.1) is 0 Å². The van der Waals surface area contributed by atoms with Gasteiger partial charge in [-0.25, -0.2) is 4.39 Å². The first-order valence-electron chi connectivity index (χ1n) is 11.4. The molecule has 7 nitrogen and oxygen atoms in total.